The lowest BCUT2D eigenvalue weighted by molar-refractivity contribution is 0.251. The molecule has 1 aliphatic rings. The van der Waals surface area contributed by atoms with Gasteiger partial charge in [0.15, 0.2) is 0 Å². The van der Waals surface area contributed by atoms with Crippen LogP contribution in [-0.2, 0) is 6.54 Å². The van der Waals surface area contributed by atoms with Gasteiger partial charge in [0.2, 0.25) is 0 Å². The van der Waals surface area contributed by atoms with Crippen molar-refractivity contribution in [1.29, 1.82) is 0 Å². The molecule has 0 spiro atoms. The highest BCUT2D eigenvalue weighted by atomic mass is 79.9. The van der Waals surface area contributed by atoms with E-state index in [1.807, 2.05) is 11.3 Å². The number of rotatable bonds is 3. The molecule has 0 bridgehead atoms. The summed E-state index contributed by atoms with van der Waals surface area (Å²) < 4.78 is 1.20. The van der Waals surface area contributed by atoms with Crippen LogP contribution in [0.15, 0.2) is 15.9 Å². The molecule has 1 aromatic heterocycles. The molecule has 1 saturated heterocycles. The second-order valence-corrected chi connectivity index (χ2v) is 5.70. The molecule has 0 amide bonds. The standard InChI is InChI=1S/C10H15BrN2S.ClH/c1-13(9-2-3-12-5-9)6-10-4-8(11)7-14-10;/h4,7,9,12H,2-3,5-6H2,1H3;1H. The highest BCUT2D eigenvalue weighted by Crippen LogP contribution is 2.22. The lowest BCUT2D eigenvalue weighted by atomic mass is 10.2. The summed E-state index contributed by atoms with van der Waals surface area (Å²) in [5, 5.41) is 5.55. The quantitative estimate of drug-likeness (QED) is 0.923. The fourth-order valence-corrected chi connectivity index (χ4v) is 3.34. The van der Waals surface area contributed by atoms with Crippen molar-refractivity contribution in [1.82, 2.24) is 10.2 Å². The van der Waals surface area contributed by atoms with Crippen LogP contribution in [0.3, 0.4) is 0 Å². The van der Waals surface area contributed by atoms with Gasteiger partial charge in [-0.3, -0.25) is 4.90 Å². The van der Waals surface area contributed by atoms with Gasteiger partial charge in [-0.25, -0.2) is 0 Å². The maximum atomic E-state index is 3.49. The Labute approximate surface area is 110 Å². The fourth-order valence-electron chi connectivity index (χ4n) is 1.83. The normalized spacial score (nSPS) is 20.6. The third-order valence-corrected chi connectivity index (χ3v) is 4.37. The van der Waals surface area contributed by atoms with Crippen LogP contribution in [0.5, 0.6) is 0 Å². The molecule has 0 saturated carbocycles. The van der Waals surface area contributed by atoms with Crippen LogP contribution >= 0.6 is 39.7 Å². The molecule has 1 fully saturated rings. The minimum Gasteiger partial charge on any atom is -0.315 e. The van der Waals surface area contributed by atoms with Crippen molar-refractivity contribution in [2.24, 2.45) is 0 Å². The molecule has 1 N–H and O–H groups in total. The molecular formula is C10H16BrClN2S. The van der Waals surface area contributed by atoms with E-state index < -0.39 is 0 Å². The van der Waals surface area contributed by atoms with Gasteiger partial charge in [0.05, 0.1) is 0 Å². The summed E-state index contributed by atoms with van der Waals surface area (Å²) in [6, 6.07) is 2.93. The van der Waals surface area contributed by atoms with E-state index >= 15 is 0 Å². The van der Waals surface area contributed by atoms with Crippen molar-refractivity contribution in [3.05, 3.63) is 20.8 Å². The highest BCUT2D eigenvalue weighted by Gasteiger charge is 2.19. The monoisotopic (exact) mass is 310 g/mol. The van der Waals surface area contributed by atoms with Crippen LogP contribution in [0.25, 0.3) is 0 Å². The van der Waals surface area contributed by atoms with Gasteiger partial charge in [-0.05, 0) is 42.0 Å². The zero-order chi connectivity index (χ0) is 9.97. The SMILES string of the molecule is CN(Cc1cc(Br)cs1)C1CCNC1.Cl. The summed E-state index contributed by atoms with van der Waals surface area (Å²) in [6.45, 7) is 3.38. The Morgan fingerprint density at radius 1 is 1.67 bits per heavy atom. The molecule has 0 aliphatic carbocycles. The number of hydrogen-bond acceptors (Lipinski definition) is 3. The van der Waals surface area contributed by atoms with E-state index in [1.54, 1.807) is 0 Å². The van der Waals surface area contributed by atoms with Gasteiger partial charge in [-0.15, -0.1) is 23.7 Å². The van der Waals surface area contributed by atoms with Crippen molar-refractivity contribution in [3.63, 3.8) is 0 Å². The molecule has 2 rings (SSSR count). The first-order valence-electron chi connectivity index (χ1n) is 4.89. The molecule has 15 heavy (non-hydrogen) atoms. The Kier molecular flexibility index (Phi) is 5.57. The van der Waals surface area contributed by atoms with E-state index in [9.17, 15) is 0 Å². The first kappa shape index (κ1) is 13.5. The third-order valence-electron chi connectivity index (χ3n) is 2.68. The molecule has 0 aromatic carbocycles. The van der Waals surface area contributed by atoms with Crippen LogP contribution in [0.2, 0.25) is 0 Å². The van der Waals surface area contributed by atoms with Crippen molar-refractivity contribution in [2.45, 2.75) is 19.0 Å². The van der Waals surface area contributed by atoms with Crippen molar-refractivity contribution in [3.8, 4) is 0 Å². The summed E-state index contributed by atoms with van der Waals surface area (Å²) in [7, 11) is 2.21. The maximum Gasteiger partial charge on any atom is 0.0328 e. The van der Waals surface area contributed by atoms with Crippen LogP contribution < -0.4 is 5.32 Å². The third kappa shape index (κ3) is 3.71. The summed E-state index contributed by atoms with van der Waals surface area (Å²) >= 11 is 5.31. The number of thiophene rings is 1. The molecule has 1 aromatic rings. The number of hydrogen-bond donors (Lipinski definition) is 1. The minimum absolute atomic E-state index is 0. The van der Waals surface area contributed by atoms with Crippen LogP contribution in [0.1, 0.15) is 11.3 Å². The number of likely N-dealkylation sites (N-methyl/N-ethyl adjacent to an activating group) is 1. The second kappa shape index (κ2) is 6.21. The van der Waals surface area contributed by atoms with Gasteiger partial charge in [0.1, 0.15) is 0 Å². The average Bonchev–Trinajstić information content (AvgIpc) is 2.75. The molecular weight excluding hydrogens is 296 g/mol. The number of nitrogens with one attached hydrogen (secondary N) is 1. The number of halogens is 2. The largest absolute Gasteiger partial charge is 0.315 e. The number of nitrogens with zero attached hydrogens (tertiary/aromatic N) is 1. The highest BCUT2D eigenvalue weighted by molar-refractivity contribution is 9.10. The predicted molar refractivity (Wildman–Crippen MR) is 72.0 cm³/mol. The molecule has 2 heterocycles. The minimum atomic E-state index is 0. The van der Waals surface area contributed by atoms with E-state index in [-0.39, 0.29) is 12.4 Å². The summed E-state index contributed by atoms with van der Waals surface area (Å²) in [5.41, 5.74) is 0. The molecule has 1 unspecified atom stereocenters. The lowest BCUT2D eigenvalue weighted by Gasteiger charge is -2.22. The molecule has 0 radical (unpaired) electrons. The smallest absolute Gasteiger partial charge is 0.0328 e. The van der Waals surface area contributed by atoms with Gasteiger partial charge in [0, 0.05) is 33.9 Å². The summed E-state index contributed by atoms with van der Waals surface area (Å²) in [4.78, 5) is 3.88. The maximum absolute atomic E-state index is 3.49. The second-order valence-electron chi connectivity index (χ2n) is 3.79. The Hall–Kier alpha value is 0.390. The molecule has 5 heteroatoms. The first-order valence-corrected chi connectivity index (χ1v) is 6.57. The van der Waals surface area contributed by atoms with Crippen molar-refractivity contribution < 1.29 is 0 Å². The van der Waals surface area contributed by atoms with Gasteiger partial charge >= 0.3 is 0 Å². The van der Waals surface area contributed by atoms with Gasteiger partial charge in [0.25, 0.3) is 0 Å². The Bertz CT molecular complexity index is 299. The fraction of sp³-hybridized carbons (Fsp3) is 0.600. The van der Waals surface area contributed by atoms with E-state index in [2.05, 4.69) is 44.6 Å². The molecule has 86 valence electrons. The zero-order valence-electron chi connectivity index (χ0n) is 8.70. The molecule has 2 nitrogen and oxygen atoms in total. The lowest BCUT2D eigenvalue weighted by Crippen LogP contribution is -2.32. The van der Waals surface area contributed by atoms with E-state index in [4.69, 9.17) is 0 Å². The van der Waals surface area contributed by atoms with Crippen molar-refractivity contribution >= 4 is 39.7 Å². The summed E-state index contributed by atoms with van der Waals surface area (Å²) in [5.74, 6) is 0. The van der Waals surface area contributed by atoms with Crippen LogP contribution in [0.4, 0.5) is 0 Å². The average molecular weight is 312 g/mol. The Balaban J connectivity index is 0.00000112. The predicted octanol–water partition coefficient (Wildman–Crippen LogP) is 2.73. The Morgan fingerprint density at radius 3 is 3.00 bits per heavy atom. The van der Waals surface area contributed by atoms with Gasteiger partial charge in [-0.1, -0.05) is 0 Å². The van der Waals surface area contributed by atoms with Crippen LogP contribution in [-0.4, -0.2) is 31.1 Å². The molecule has 1 aliphatic heterocycles. The first-order chi connectivity index (χ1) is 6.75. The van der Waals surface area contributed by atoms with Crippen LogP contribution in [0, 0.1) is 0 Å². The van der Waals surface area contributed by atoms with E-state index in [0.717, 1.165) is 19.1 Å². The van der Waals surface area contributed by atoms with Gasteiger partial charge < -0.3 is 5.32 Å². The topological polar surface area (TPSA) is 15.3 Å². The van der Waals surface area contributed by atoms with Crippen molar-refractivity contribution in [2.75, 3.05) is 20.1 Å². The van der Waals surface area contributed by atoms with E-state index in [0.29, 0.717) is 0 Å². The Morgan fingerprint density at radius 2 is 2.47 bits per heavy atom. The summed E-state index contributed by atoms with van der Waals surface area (Å²) in [6.07, 6.45) is 1.28. The zero-order valence-corrected chi connectivity index (χ0v) is 11.9. The van der Waals surface area contributed by atoms with E-state index in [1.165, 1.54) is 22.3 Å². The van der Waals surface area contributed by atoms with Gasteiger partial charge in [-0.2, -0.15) is 0 Å². The molecule has 1 atom stereocenters.